The minimum atomic E-state index is -0.103. The lowest BCUT2D eigenvalue weighted by molar-refractivity contribution is -0.126. The number of pyridine rings is 1. The number of nitrogens with zero attached hydrogens (tertiary/aromatic N) is 2. The summed E-state index contributed by atoms with van der Waals surface area (Å²) >= 11 is 0. The molecule has 2 aromatic heterocycles. The molecule has 3 heterocycles. The van der Waals surface area contributed by atoms with E-state index in [1.165, 1.54) is 6.26 Å². The molecule has 0 bridgehead atoms. The van der Waals surface area contributed by atoms with Crippen LogP contribution in [0.15, 0.2) is 47.2 Å². The molecule has 1 aliphatic heterocycles. The maximum Gasteiger partial charge on any atom is 0.289 e. The summed E-state index contributed by atoms with van der Waals surface area (Å²) in [4.78, 5) is 30.4. The van der Waals surface area contributed by atoms with Crippen molar-refractivity contribution >= 4 is 11.8 Å². The Bertz CT molecular complexity index is 662. The average molecular weight is 327 g/mol. The fraction of sp³-hybridized carbons (Fsp3) is 0.389. The van der Waals surface area contributed by atoms with E-state index in [4.69, 9.17) is 4.42 Å². The summed E-state index contributed by atoms with van der Waals surface area (Å²) in [5, 5.41) is 2.97. The average Bonchev–Trinajstić information content (AvgIpc) is 3.17. The Morgan fingerprint density at radius 1 is 1.21 bits per heavy atom. The summed E-state index contributed by atoms with van der Waals surface area (Å²) in [7, 11) is 0. The molecule has 3 rings (SSSR count). The molecule has 6 nitrogen and oxygen atoms in total. The number of hydrogen-bond donors (Lipinski definition) is 1. The largest absolute Gasteiger partial charge is 0.459 e. The van der Waals surface area contributed by atoms with E-state index in [0.717, 1.165) is 12.1 Å². The van der Waals surface area contributed by atoms with E-state index in [1.807, 2.05) is 18.2 Å². The Hall–Kier alpha value is -2.63. The second kappa shape index (κ2) is 7.77. The highest BCUT2D eigenvalue weighted by Crippen LogP contribution is 2.19. The van der Waals surface area contributed by atoms with Crippen LogP contribution < -0.4 is 5.32 Å². The fourth-order valence-electron chi connectivity index (χ4n) is 2.90. The van der Waals surface area contributed by atoms with Crippen LogP contribution >= 0.6 is 0 Å². The van der Waals surface area contributed by atoms with Crippen molar-refractivity contribution in [2.45, 2.75) is 19.3 Å². The first-order valence-corrected chi connectivity index (χ1v) is 8.24. The van der Waals surface area contributed by atoms with Gasteiger partial charge in [-0.25, -0.2) is 0 Å². The second-order valence-corrected chi connectivity index (χ2v) is 5.91. The number of hydrogen-bond acceptors (Lipinski definition) is 4. The Kier molecular flexibility index (Phi) is 5.25. The number of nitrogens with one attached hydrogen (secondary N) is 1. The van der Waals surface area contributed by atoms with E-state index in [0.29, 0.717) is 38.2 Å². The van der Waals surface area contributed by atoms with Gasteiger partial charge in [0.25, 0.3) is 5.91 Å². The van der Waals surface area contributed by atoms with Gasteiger partial charge in [-0.15, -0.1) is 0 Å². The molecule has 1 N–H and O–H groups in total. The van der Waals surface area contributed by atoms with E-state index in [1.54, 1.807) is 23.2 Å². The van der Waals surface area contributed by atoms with E-state index in [9.17, 15) is 9.59 Å². The number of likely N-dealkylation sites (tertiary alicyclic amines) is 1. The molecule has 0 spiro atoms. The van der Waals surface area contributed by atoms with Gasteiger partial charge in [-0.3, -0.25) is 14.6 Å². The van der Waals surface area contributed by atoms with E-state index >= 15 is 0 Å². The standard InChI is InChI=1S/C18H21N3O3/c22-17(20-10-6-15-4-1-2-9-19-15)14-7-11-21(12-8-14)18(23)16-5-3-13-24-16/h1-5,9,13-14H,6-8,10-12H2,(H,20,22). The van der Waals surface area contributed by atoms with Crippen molar-refractivity contribution < 1.29 is 14.0 Å². The monoisotopic (exact) mass is 327 g/mol. The van der Waals surface area contributed by atoms with Crippen molar-refractivity contribution in [1.82, 2.24) is 15.2 Å². The quantitative estimate of drug-likeness (QED) is 0.910. The summed E-state index contributed by atoms with van der Waals surface area (Å²) in [5.41, 5.74) is 0.969. The smallest absolute Gasteiger partial charge is 0.289 e. The zero-order valence-corrected chi connectivity index (χ0v) is 13.5. The highest BCUT2D eigenvalue weighted by Gasteiger charge is 2.28. The van der Waals surface area contributed by atoms with Crippen LogP contribution in [0.5, 0.6) is 0 Å². The summed E-state index contributed by atoms with van der Waals surface area (Å²) in [6.07, 6.45) is 5.34. The van der Waals surface area contributed by atoms with Gasteiger partial charge in [0.2, 0.25) is 5.91 Å². The van der Waals surface area contributed by atoms with Gasteiger partial charge in [0, 0.05) is 43.9 Å². The number of amides is 2. The minimum Gasteiger partial charge on any atom is -0.459 e. The van der Waals surface area contributed by atoms with E-state index < -0.39 is 0 Å². The number of rotatable bonds is 5. The molecule has 0 saturated carbocycles. The first kappa shape index (κ1) is 16.2. The third kappa shape index (κ3) is 4.01. The Morgan fingerprint density at radius 2 is 2.04 bits per heavy atom. The molecule has 1 aliphatic rings. The molecule has 0 radical (unpaired) electrons. The summed E-state index contributed by atoms with van der Waals surface area (Å²) in [6.45, 7) is 1.75. The van der Waals surface area contributed by atoms with Crippen LogP contribution in [0.2, 0.25) is 0 Å². The third-order valence-corrected chi connectivity index (χ3v) is 4.29. The lowest BCUT2D eigenvalue weighted by Gasteiger charge is -2.30. The zero-order valence-electron chi connectivity index (χ0n) is 13.5. The lowest BCUT2D eigenvalue weighted by atomic mass is 9.95. The zero-order chi connectivity index (χ0) is 16.8. The number of piperidine rings is 1. The van der Waals surface area contributed by atoms with Gasteiger partial charge in [0.15, 0.2) is 5.76 Å². The minimum absolute atomic E-state index is 0.0330. The molecule has 0 aromatic carbocycles. The number of furan rings is 1. The van der Waals surface area contributed by atoms with Gasteiger partial charge >= 0.3 is 0 Å². The third-order valence-electron chi connectivity index (χ3n) is 4.29. The Labute approximate surface area is 140 Å². The first-order valence-electron chi connectivity index (χ1n) is 8.24. The van der Waals surface area contributed by atoms with Crippen LogP contribution in [0.4, 0.5) is 0 Å². The van der Waals surface area contributed by atoms with Gasteiger partial charge in [-0.05, 0) is 37.1 Å². The van der Waals surface area contributed by atoms with Gasteiger partial charge in [0.05, 0.1) is 6.26 Å². The van der Waals surface area contributed by atoms with Crippen molar-refractivity contribution in [2.75, 3.05) is 19.6 Å². The predicted molar refractivity (Wildman–Crippen MR) is 88.3 cm³/mol. The van der Waals surface area contributed by atoms with E-state index in [2.05, 4.69) is 10.3 Å². The SMILES string of the molecule is O=C(NCCc1ccccn1)C1CCN(C(=O)c2ccco2)CC1. The maximum atomic E-state index is 12.2. The molecule has 2 aromatic rings. The van der Waals surface area contributed by atoms with Crippen molar-refractivity contribution in [1.29, 1.82) is 0 Å². The molecular formula is C18H21N3O3. The molecule has 1 saturated heterocycles. The highest BCUT2D eigenvalue weighted by molar-refractivity contribution is 5.91. The lowest BCUT2D eigenvalue weighted by Crippen LogP contribution is -2.43. The van der Waals surface area contributed by atoms with Gasteiger partial charge < -0.3 is 14.6 Å². The topological polar surface area (TPSA) is 75.4 Å². The fourth-order valence-corrected chi connectivity index (χ4v) is 2.90. The van der Waals surface area contributed by atoms with Crippen LogP contribution in [0.25, 0.3) is 0 Å². The first-order chi connectivity index (χ1) is 11.7. The van der Waals surface area contributed by atoms with Crippen molar-refractivity contribution in [3.8, 4) is 0 Å². The highest BCUT2D eigenvalue weighted by atomic mass is 16.3. The van der Waals surface area contributed by atoms with Crippen LogP contribution in [0.3, 0.4) is 0 Å². The maximum absolute atomic E-state index is 12.2. The molecule has 0 aliphatic carbocycles. The molecule has 24 heavy (non-hydrogen) atoms. The second-order valence-electron chi connectivity index (χ2n) is 5.91. The van der Waals surface area contributed by atoms with Gasteiger partial charge in [-0.2, -0.15) is 0 Å². The van der Waals surface area contributed by atoms with Gasteiger partial charge in [0.1, 0.15) is 0 Å². The van der Waals surface area contributed by atoms with E-state index in [-0.39, 0.29) is 17.7 Å². The Morgan fingerprint density at radius 3 is 2.71 bits per heavy atom. The van der Waals surface area contributed by atoms with Crippen LogP contribution in [-0.2, 0) is 11.2 Å². The Balaban J connectivity index is 1.41. The van der Waals surface area contributed by atoms with Crippen molar-refractivity contribution in [3.63, 3.8) is 0 Å². The molecular weight excluding hydrogens is 306 g/mol. The summed E-state index contributed by atoms with van der Waals surface area (Å²) in [5.74, 6) is 0.285. The normalized spacial score (nSPS) is 15.2. The van der Waals surface area contributed by atoms with Crippen LogP contribution in [0.1, 0.15) is 29.1 Å². The summed E-state index contributed by atoms with van der Waals surface area (Å²) < 4.78 is 5.14. The molecule has 1 fully saturated rings. The number of carbonyl (C=O) groups excluding carboxylic acids is 2. The van der Waals surface area contributed by atoms with Gasteiger partial charge in [-0.1, -0.05) is 6.07 Å². The number of carbonyl (C=O) groups is 2. The number of aromatic nitrogens is 1. The predicted octanol–water partition coefficient (Wildman–Crippen LogP) is 1.89. The van der Waals surface area contributed by atoms with Crippen molar-refractivity contribution in [3.05, 3.63) is 54.2 Å². The molecule has 0 unspecified atom stereocenters. The molecule has 6 heteroatoms. The van der Waals surface area contributed by atoms with Crippen LogP contribution in [0, 0.1) is 5.92 Å². The molecule has 126 valence electrons. The molecule has 0 atom stereocenters. The van der Waals surface area contributed by atoms with Crippen molar-refractivity contribution in [2.24, 2.45) is 5.92 Å². The molecule has 2 amide bonds. The summed E-state index contributed by atoms with van der Waals surface area (Å²) in [6, 6.07) is 9.13. The van der Waals surface area contributed by atoms with Crippen LogP contribution in [-0.4, -0.2) is 41.3 Å².